The van der Waals surface area contributed by atoms with Gasteiger partial charge in [0.2, 0.25) is 0 Å². The Morgan fingerprint density at radius 2 is 1.45 bits per heavy atom. The summed E-state index contributed by atoms with van der Waals surface area (Å²) in [6, 6.07) is 18.6. The van der Waals surface area contributed by atoms with Crippen LogP contribution in [0.5, 0.6) is 5.75 Å². The minimum Gasteiger partial charge on any atom is -0.497 e. The van der Waals surface area contributed by atoms with Gasteiger partial charge in [-0.25, -0.2) is 0 Å². The zero-order valence-corrected chi connectivity index (χ0v) is 13.0. The van der Waals surface area contributed by atoms with E-state index in [2.05, 4.69) is 36.2 Å². The first-order chi connectivity index (χ1) is 10.7. The Bertz CT molecular complexity index is 636. The lowest BCUT2D eigenvalue weighted by molar-refractivity contribution is -0.125. The summed E-state index contributed by atoms with van der Waals surface area (Å²) in [4.78, 5) is 14.6. The van der Waals surface area contributed by atoms with E-state index in [0.717, 1.165) is 11.3 Å². The van der Waals surface area contributed by atoms with E-state index >= 15 is 0 Å². The van der Waals surface area contributed by atoms with Crippen molar-refractivity contribution >= 4 is 5.78 Å². The molecule has 1 aliphatic heterocycles. The Hall–Kier alpha value is -2.13. The first-order valence-corrected chi connectivity index (χ1v) is 7.61. The molecule has 0 spiro atoms. The smallest absolute Gasteiger partial charge is 0.136 e. The Balaban J connectivity index is 1.89. The molecule has 1 saturated heterocycles. The molecule has 0 saturated carbocycles. The second-order valence-corrected chi connectivity index (χ2v) is 5.83. The van der Waals surface area contributed by atoms with Gasteiger partial charge in [0.05, 0.1) is 7.11 Å². The third kappa shape index (κ3) is 2.90. The summed E-state index contributed by atoms with van der Waals surface area (Å²) in [5.41, 5.74) is 2.37. The molecule has 2 aromatic rings. The van der Waals surface area contributed by atoms with Gasteiger partial charge in [0.1, 0.15) is 11.5 Å². The van der Waals surface area contributed by atoms with Crippen molar-refractivity contribution in [1.82, 2.24) is 4.90 Å². The molecule has 1 aliphatic rings. The van der Waals surface area contributed by atoms with Crippen molar-refractivity contribution in [1.29, 1.82) is 0 Å². The molecule has 0 aliphatic carbocycles. The first kappa shape index (κ1) is 14.8. The Morgan fingerprint density at radius 1 is 0.909 bits per heavy atom. The maximum absolute atomic E-state index is 12.2. The quantitative estimate of drug-likeness (QED) is 0.863. The van der Waals surface area contributed by atoms with Crippen molar-refractivity contribution in [2.75, 3.05) is 14.2 Å². The molecule has 2 atom stereocenters. The minimum absolute atomic E-state index is 0.123. The van der Waals surface area contributed by atoms with Crippen LogP contribution in [0.1, 0.15) is 36.1 Å². The highest BCUT2D eigenvalue weighted by Crippen LogP contribution is 2.38. The van der Waals surface area contributed by atoms with Gasteiger partial charge in [-0.1, -0.05) is 42.5 Å². The molecule has 0 aromatic heterocycles. The average molecular weight is 295 g/mol. The number of Topliss-reactive ketones (excluding diaryl/α,β-unsaturated/α-hetero) is 1. The number of methoxy groups -OCH3 is 1. The van der Waals surface area contributed by atoms with Crippen LogP contribution in [-0.2, 0) is 4.79 Å². The van der Waals surface area contributed by atoms with Crippen molar-refractivity contribution in [3.63, 3.8) is 0 Å². The summed E-state index contributed by atoms with van der Waals surface area (Å²) in [5.74, 6) is 1.17. The Morgan fingerprint density at radius 3 is 2.00 bits per heavy atom. The average Bonchev–Trinajstić information content (AvgIpc) is 2.57. The maximum Gasteiger partial charge on any atom is 0.136 e. The van der Waals surface area contributed by atoms with Gasteiger partial charge in [0.25, 0.3) is 0 Å². The van der Waals surface area contributed by atoms with Gasteiger partial charge in [-0.15, -0.1) is 0 Å². The molecule has 3 heteroatoms. The standard InChI is InChI=1S/C19H21NO2/c1-20-18(14-6-4-3-5-7-14)12-16(21)13-19(20)15-8-10-17(22-2)11-9-15/h3-11,18-19H,12-13H2,1-2H3/t18-,19+/m1/s1. The first-order valence-electron chi connectivity index (χ1n) is 7.61. The molecule has 0 radical (unpaired) electrons. The van der Waals surface area contributed by atoms with Gasteiger partial charge >= 0.3 is 0 Å². The van der Waals surface area contributed by atoms with Crippen LogP contribution in [0.15, 0.2) is 54.6 Å². The molecule has 1 heterocycles. The minimum atomic E-state index is 0.123. The third-order valence-electron chi connectivity index (χ3n) is 4.51. The number of rotatable bonds is 3. The van der Waals surface area contributed by atoms with Crippen LogP contribution in [0.2, 0.25) is 0 Å². The molecule has 0 amide bonds. The maximum atomic E-state index is 12.2. The van der Waals surface area contributed by atoms with Crippen molar-refractivity contribution in [2.24, 2.45) is 0 Å². The highest BCUT2D eigenvalue weighted by Gasteiger charge is 2.33. The number of piperidine rings is 1. The van der Waals surface area contributed by atoms with E-state index in [-0.39, 0.29) is 12.1 Å². The van der Waals surface area contributed by atoms with E-state index in [1.165, 1.54) is 5.56 Å². The Labute approximate surface area is 131 Å². The van der Waals surface area contributed by atoms with Crippen LogP contribution in [0.25, 0.3) is 0 Å². The van der Waals surface area contributed by atoms with E-state index in [1.54, 1.807) is 7.11 Å². The van der Waals surface area contributed by atoms with Crippen LogP contribution in [0.4, 0.5) is 0 Å². The van der Waals surface area contributed by atoms with Crippen LogP contribution in [0.3, 0.4) is 0 Å². The molecule has 3 nitrogen and oxygen atoms in total. The molecular formula is C19H21NO2. The normalized spacial score (nSPS) is 22.5. The molecule has 3 rings (SSSR count). The molecule has 1 fully saturated rings. The van der Waals surface area contributed by atoms with Crippen LogP contribution in [-0.4, -0.2) is 24.8 Å². The topological polar surface area (TPSA) is 29.5 Å². The summed E-state index contributed by atoms with van der Waals surface area (Å²) in [6.07, 6.45) is 1.17. The van der Waals surface area contributed by atoms with E-state index in [4.69, 9.17) is 4.74 Å². The number of hydrogen-bond acceptors (Lipinski definition) is 3. The lowest BCUT2D eigenvalue weighted by atomic mass is 9.87. The number of carbonyl (C=O) groups excluding carboxylic acids is 1. The van der Waals surface area contributed by atoms with Crippen LogP contribution >= 0.6 is 0 Å². The highest BCUT2D eigenvalue weighted by atomic mass is 16.5. The van der Waals surface area contributed by atoms with Crippen molar-refractivity contribution < 1.29 is 9.53 Å². The molecule has 0 unspecified atom stereocenters. The fourth-order valence-corrected chi connectivity index (χ4v) is 3.23. The summed E-state index contributed by atoms with van der Waals surface area (Å²) in [7, 11) is 3.77. The van der Waals surface area contributed by atoms with Crippen LogP contribution < -0.4 is 4.74 Å². The third-order valence-corrected chi connectivity index (χ3v) is 4.51. The van der Waals surface area contributed by atoms with Crippen molar-refractivity contribution in [3.05, 3.63) is 65.7 Å². The molecule has 2 aromatic carbocycles. The number of ketones is 1. The van der Waals surface area contributed by atoms with Gasteiger partial charge < -0.3 is 4.74 Å². The summed E-state index contributed by atoms with van der Waals surface area (Å²) < 4.78 is 5.21. The summed E-state index contributed by atoms with van der Waals surface area (Å²) in [6.45, 7) is 0. The molecule has 0 N–H and O–H groups in total. The SMILES string of the molecule is COc1ccc([C@@H]2CC(=O)C[C@H](c3ccccc3)N2C)cc1. The lowest BCUT2D eigenvalue weighted by Crippen LogP contribution is -2.37. The molecule has 114 valence electrons. The number of ether oxygens (including phenoxy) is 1. The van der Waals surface area contributed by atoms with Gasteiger partial charge in [-0.3, -0.25) is 9.69 Å². The fourth-order valence-electron chi connectivity index (χ4n) is 3.23. The monoisotopic (exact) mass is 295 g/mol. The van der Waals surface area contributed by atoms with E-state index in [1.807, 2.05) is 30.3 Å². The number of carbonyl (C=O) groups is 1. The predicted octanol–water partition coefficient (Wildman–Crippen LogP) is 3.77. The van der Waals surface area contributed by atoms with Gasteiger partial charge in [-0.05, 0) is 30.3 Å². The number of likely N-dealkylation sites (tertiary alicyclic amines) is 1. The van der Waals surface area contributed by atoms with E-state index in [9.17, 15) is 4.79 Å². The predicted molar refractivity (Wildman–Crippen MR) is 86.9 cm³/mol. The summed E-state index contributed by atoms with van der Waals surface area (Å²) in [5, 5.41) is 0. The molecule has 22 heavy (non-hydrogen) atoms. The number of hydrogen-bond donors (Lipinski definition) is 0. The second-order valence-electron chi connectivity index (χ2n) is 5.83. The lowest BCUT2D eigenvalue weighted by Gasteiger charge is -2.39. The fraction of sp³-hybridized carbons (Fsp3) is 0.316. The van der Waals surface area contributed by atoms with Crippen LogP contribution in [0, 0.1) is 0 Å². The zero-order chi connectivity index (χ0) is 15.5. The van der Waals surface area contributed by atoms with E-state index < -0.39 is 0 Å². The molecule has 0 bridgehead atoms. The zero-order valence-electron chi connectivity index (χ0n) is 13.0. The second kappa shape index (κ2) is 6.32. The van der Waals surface area contributed by atoms with Crippen molar-refractivity contribution in [2.45, 2.75) is 24.9 Å². The van der Waals surface area contributed by atoms with Gasteiger partial charge in [0, 0.05) is 24.9 Å². The highest BCUT2D eigenvalue weighted by molar-refractivity contribution is 5.81. The Kier molecular flexibility index (Phi) is 4.25. The van der Waals surface area contributed by atoms with Gasteiger partial charge in [-0.2, -0.15) is 0 Å². The van der Waals surface area contributed by atoms with Gasteiger partial charge in [0.15, 0.2) is 0 Å². The van der Waals surface area contributed by atoms with E-state index in [0.29, 0.717) is 18.6 Å². The molecular weight excluding hydrogens is 274 g/mol. The summed E-state index contributed by atoms with van der Waals surface area (Å²) >= 11 is 0. The number of benzene rings is 2. The number of nitrogens with zero attached hydrogens (tertiary/aromatic N) is 1. The van der Waals surface area contributed by atoms with Crippen molar-refractivity contribution in [3.8, 4) is 5.75 Å². The largest absolute Gasteiger partial charge is 0.497 e.